The van der Waals surface area contributed by atoms with Crippen molar-refractivity contribution in [2.45, 2.75) is 25.6 Å². The van der Waals surface area contributed by atoms with Gasteiger partial charge in [0.1, 0.15) is 6.04 Å². The molecule has 1 fully saturated rings. The number of esters is 1. The standard InChI is InChI=1S/C18H17NO2/c20-18-17(9-10-21-18)19-11-13-5-1-3-7-15(13)16-8-4-2-6-14(16)12-19/h1-8,17H,9-12H2/t17-/m1/s1. The first-order valence-electron chi connectivity index (χ1n) is 7.40. The van der Waals surface area contributed by atoms with E-state index >= 15 is 0 Å². The average molecular weight is 279 g/mol. The number of cyclic esters (lactones) is 1. The molecule has 1 saturated heterocycles. The molecule has 2 aliphatic rings. The molecule has 0 amide bonds. The third-order valence-electron chi connectivity index (χ3n) is 4.42. The van der Waals surface area contributed by atoms with Crippen molar-refractivity contribution in [3.05, 3.63) is 59.7 Å². The Balaban J connectivity index is 1.81. The number of nitrogens with zero attached hydrogens (tertiary/aromatic N) is 1. The van der Waals surface area contributed by atoms with E-state index in [1.165, 1.54) is 22.3 Å². The number of fused-ring (bicyclic) bond motifs is 3. The fourth-order valence-electron chi connectivity index (χ4n) is 3.37. The number of hydrogen-bond donors (Lipinski definition) is 0. The van der Waals surface area contributed by atoms with Crippen LogP contribution in [-0.2, 0) is 22.6 Å². The number of benzene rings is 2. The summed E-state index contributed by atoms with van der Waals surface area (Å²) in [4.78, 5) is 14.2. The first-order chi connectivity index (χ1) is 10.3. The van der Waals surface area contributed by atoms with Gasteiger partial charge in [-0.25, -0.2) is 0 Å². The van der Waals surface area contributed by atoms with Gasteiger partial charge < -0.3 is 4.74 Å². The highest BCUT2D eigenvalue weighted by molar-refractivity contribution is 5.78. The molecule has 2 heterocycles. The molecule has 0 aliphatic carbocycles. The van der Waals surface area contributed by atoms with E-state index in [4.69, 9.17) is 4.74 Å². The van der Waals surface area contributed by atoms with Crippen molar-refractivity contribution in [1.82, 2.24) is 4.90 Å². The average Bonchev–Trinajstić information content (AvgIpc) is 2.86. The highest BCUT2D eigenvalue weighted by Crippen LogP contribution is 2.34. The number of carbonyl (C=O) groups excluding carboxylic acids is 1. The van der Waals surface area contributed by atoms with E-state index in [-0.39, 0.29) is 12.0 Å². The van der Waals surface area contributed by atoms with E-state index in [2.05, 4.69) is 53.4 Å². The molecule has 2 aliphatic heterocycles. The van der Waals surface area contributed by atoms with E-state index in [9.17, 15) is 4.79 Å². The molecule has 0 bridgehead atoms. The quantitative estimate of drug-likeness (QED) is 0.752. The molecule has 0 saturated carbocycles. The SMILES string of the molecule is O=C1OCC[C@H]1N1Cc2ccccc2-c2ccccc2C1. The van der Waals surface area contributed by atoms with Gasteiger partial charge in [0.2, 0.25) is 0 Å². The molecule has 2 aromatic carbocycles. The predicted molar refractivity (Wildman–Crippen MR) is 80.5 cm³/mol. The fourth-order valence-corrected chi connectivity index (χ4v) is 3.37. The zero-order valence-electron chi connectivity index (χ0n) is 11.8. The molecular weight excluding hydrogens is 262 g/mol. The summed E-state index contributed by atoms with van der Waals surface area (Å²) in [7, 11) is 0. The zero-order valence-corrected chi connectivity index (χ0v) is 11.8. The summed E-state index contributed by atoms with van der Waals surface area (Å²) in [6.07, 6.45) is 0.795. The second-order valence-corrected chi connectivity index (χ2v) is 5.69. The van der Waals surface area contributed by atoms with Gasteiger partial charge >= 0.3 is 5.97 Å². The molecular formula is C18H17NO2. The van der Waals surface area contributed by atoms with Gasteiger partial charge in [-0.05, 0) is 22.3 Å². The van der Waals surface area contributed by atoms with Crippen LogP contribution in [0.15, 0.2) is 48.5 Å². The highest BCUT2D eigenvalue weighted by Gasteiger charge is 2.34. The largest absolute Gasteiger partial charge is 0.464 e. The number of ether oxygens (including phenoxy) is 1. The van der Waals surface area contributed by atoms with Crippen LogP contribution < -0.4 is 0 Å². The monoisotopic (exact) mass is 279 g/mol. The van der Waals surface area contributed by atoms with Crippen LogP contribution in [0.3, 0.4) is 0 Å². The molecule has 0 spiro atoms. The van der Waals surface area contributed by atoms with Gasteiger partial charge in [0, 0.05) is 19.5 Å². The van der Waals surface area contributed by atoms with Crippen LogP contribution >= 0.6 is 0 Å². The second kappa shape index (κ2) is 5.01. The first kappa shape index (κ1) is 12.6. The van der Waals surface area contributed by atoms with Crippen molar-refractivity contribution in [2.75, 3.05) is 6.61 Å². The Morgan fingerprint density at radius 3 is 2.00 bits per heavy atom. The van der Waals surface area contributed by atoms with Gasteiger partial charge in [0.25, 0.3) is 0 Å². The van der Waals surface area contributed by atoms with Crippen LogP contribution in [0.25, 0.3) is 11.1 Å². The number of hydrogen-bond acceptors (Lipinski definition) is 3. The minimum Gasteiger partial charge on any atom is -0.464 e. The lowest BCUT2D eigenvalue weighted by molar-refractivity contribution is -0.142. The molecule has 0 aromatic heterocycles. The summed E-state index contributed by atoms with van der Waals surface area (Å²) >= 11 is 0. The summed E-state index contributed by atoms with van der Waals surface area (Å²) in [5.74, 6) is -0.0770. The van der Waals surface area contributed by atoms with Crippen molar-refractivity contribution in [1.29, 1.82) is 0 Å². The van der Waals surface area contributed by atoms with Gasteiger partial charge in [0.15, 0.2) is 0 Å². The molecule has 4 rings (SSSR count). The van der Waals surface area contributed by atoms with Gasteiger partial charge in [-0.15, -0.1) is 0 Å². The molecule has 0 N–H and O–H groups in total. The fraction of sp³-hybridized carbons (Fsp3) is 0.278. The van der Waals surface area contributed by atoms with Crippen LogP contribution in [0.4, 0.5) is 0 Å². The van der Waals surface area contributed by atoms with Crippen molar-refractivity contribution in [2.24, 2.45) is 0 Å². The third kappa shape index (κ3) is 2.14. The Hall–Kier alpha value is -2.13. The van der Waals surface area contributed by atoms with Crippen molar-refractivity contribution in [3.63, 3.8) is 0 Å². The van der Waals surface area contributed by atoms with Crippen LogP contribution in [0.5, 0.6) is 0 Å². The first-order valence-corrected chi connectivity index (χ1v) is 7.40. The van der Waals surface area contributed by atoms with Crippen molar-refractivity contribution < 1.29 is 9.53 Å². The zero-order chi connectivity index (χ0) is 14.2. The Bertz CT molecular complexity index is 648. The summed E-state index contributed by atoms with van der Waals surface area (Å²) in [5.41, 5.74) is 5.12. The van der Waals surface area contributed by atoms with Crippen LogP contribution in [0, 0.1) is 0 Å². The summed E-state index contributed by atoms with van der Waals surface area (Å²) < 4.78 is 5.15. The molecule has 106 valence electrons. The van der Waals surface area contributed by atoms with E-state index in [1.54, 1.807) is 0 Å². The topological polar surface area (TPSA) is 29.5 Å². The predicted octanol–water partition coefficient (Wildman–Crippen LogP) is 2.98. The van der Waals surface area contributed by atoms with Gasteiger partial charge in [-0.3, -0.25) is 9.69 Å². The van der Waals surface area contributed by atoms with Gasteiger partial charge in [0.05, 0.1) is 6.61 Å². The van der Waals surface area contributed by atoms with Crippen molar-refractivity contribution >= 4 is 5.97 Å². The second-order valence-electron chi connectivity index (χ2n) is 5.69. The highest BCUT2D eigenvalue weighted by atomic mass is 16.5. The third-order valence-corrected chi connectivity index (χ3v) is 4.42. The normalized spacial score (nSPS) is 21.3. The summed E-state index contributed by atoms with van der Waals surface area (Å²) in [5, 5.41) is 0. The molecule has 3 nitrogen and oxygen atoms in total. The number of rotatable bonds is 1. The summed E-state index contributed by atoms with van der Waals surface area (Å²) in [6, 6.07) is 16.8. The Kier molecular flexibility index (Phi) is 3.00. The Morgan fingerprint density at radius 1 is 0.905 bits per heavy atom. The minimum absolute atomic E-state index is 0.0770. The molecule has 3 heteroatoms. The maximum Gasteiger partial charge on any atom is 0.323 e. The maximum absolute atomic E-state index is 11.9. The lowest BCUT2D eigenvalue weighted by Crippen LogP contribution is -2.37. The molecule has 0 radical (unpaired) electrons. The molecule has 2 aromatic rings. The molecule has 0 unspecified atom stereocenters. The molecule has 1 atom stereocenters. The van der Waals surface area contributed by atoms with E-state index in [1.807, 2.05) is 0 Å². The molecule has 21 heavy (non-hydrogen) atoms. The number of carbonyl (C=O) groups is 1. The summed E-state index contributed by atoms with van der Waals surface area (Å²) in [6.45, 7) is 2.14. The Labute approximate surface area is 124 Å². The van der Waals surface area contributed by atoms with E-state index in [0.29, 0.717) is 6.61 Å². The van der Waals surface area contributed by atoms with E-state index < -0.39 is 0 Å². The Morgan fingerprint density at radius 2 is 1.48 bits per heavy atom. The van der Waals surface area contributed by atoms with Gasteiger partial charge in [-0.2, -0.15) is 0 Å². The maximum atomic E-state index is 11.9. The van der Waals surface area contributed by atoms with Crippen molar-refractivity contribution in [3.8, 4) is 11.1 Å². The van der Waals surface area contributed by atoms with Crippen LogP contribution in [0.1, 0.15) is 17.5 Å². The lowest BCUT2D eigenvalue weighted by Gasteiger charge is -2.24. The van der Waals surface area contributed by atoms with Gasteiger partial charge in [-0.1, -0.05) is 48.5 Å². The minimum atomic E-state index is -0.107. The van der Waals surface area contributed by atoms with E-state index in [0.717, 1.165) is 19.5 Å². The van der Waals surface area contributed by atoms with Crippen LogP contribution in [-0.4, -0.2) is 23.5 Å². The van der Waals surface area contributed by atoms with Crippen LogP contribution in [0.2, 0.25) is 0 Å². The smallest absolute Gasteiger partial charge is 0.323 e. The lowest BCUT2D eigenvalue weighted by atomic mass is 9.97.